The van der Waals surface area contributed by atoms with Gasteiger partial charge in [0.2, 0.25) is 11.9 Å². The standard InChI is InChI=1S/C11H19N5O/c1-4-17-11-15-9(12-3)14-10(16-11)13-7(2)8-5-6-8/h7-8H,4-6H2,1-3H3,(H2,12,13,14,15,16). The molecule has 2 N–H and O–H groups in total. The first kappa shape index (κ1) is 11.9. The van der Waals surface area contributed by atoms with Crippen molar-refractivity contribution in [3.8, 4) is 6.01 Å². The number of aromatic nitrogens is 3. The summed E-state index contributed by atoms with van der Waals surface area (Å²) in [5.41, 5.74) is 0. The zero-order valence-corrected chi connectivity index (χ0v) is 10.5. The van der Waals surface area contributed by atoms with E-state index in [0.717, 1.165) is 5.92 Å². The second-order valence-corrected chi connectivity index (χ2v) is 4.22. The third-order valence-corrected chi connectivity index (χ3v) is 2.80. The van der Waals surface area contributed by atoms with Crippen LogP contribution in [0.2, 0.25) is 0 Å². The predicted molar refractivity (Wildman–Crippen MR) is 66.4 cm³/mol. The number of nitrogens with one attached hydrogen (secondary N) is 2. The highest BCUT2D eigenvalue weighted by molar-refractivity contribution is 5.36. The van der Waals surface area contributed by atoms with Crippen molar-refractivity contribution < 1.29 is 4.74 Å². The van der Waals surface area contributed by atoms with Crippen molar-refractivity contribution in [2.45, 2.75) is 32.7 Å². The monoisotopic (exact) mass is 237 g/mol. The molecule has 0 spiro atoms. The molecule has 17 heavy (non-hydrogen) atoms. The summed E-state index contributed by atoms with van der Waals surface area (Å²) in [7, 11) is 1.78. The minimum atomic E-state index is 0.359. The van der Waals surface area contributed by atoms with Crippen molar-refractivity contribution in [2.24, 2.45) is 5.92 Å². The molecule has 1 unspecified atom stereocenters. The summed E-state index contributed by atoms with van der Waals surface area (Å²) in [6, 6.07) is 0.758. The Morgan fingerprint density at radius 3 is 2.59 bits per heavy atom. The van der Waals surface area contributed by atoms with Gasteiger partial charge in [-0.25, -0.2) is 0 Å². The molecular formula is C11H19N5O. The van der Waals surface area contributed by atoms with Gasteiger partial charge >= 0.3 is 6.01 Å². The highest BCUT2D eigenvalue weighted by Gasteiger charge is 2.28. The lowest BCUT2D eigenvalue weighted by atomic mass is 10.2. The fourth-order valence-corrected chi connectivity index (χ4v) is 1.64. The van der Waals surface area contributed by atoms with Crippen molar-refractivity contribution in [1.29, 1.82) is 0 Å². The van der Waals surface area contributed by atoms with E-state index in [1.165, 1.54) is 12.8 Å². The Morgan fingerprint density at radius 1 is 1.29 bits per heavy atom. The molecule has 1 fully saturated rings. The fraction of sp³-hybridized carbons (Fsp3) is 0.727. The van der Waals surface area contributed by atoms with Crippen LogP contribution in [0, 0.1) is 5.92 Å². The zero-order chi connectivity index (χ0) is 12.3. The third kappa shape index (κ3) is 3.18. The first-order valence-corrected chi connectivity index (χ1v) is 6.06. The van der Waals surface area contributed by atoms with Gasteiger partial charge in [-0.2, -0.15) is 15.0 Å². The van der Waals surface area contributed by atoms with E-state index in [-0.39, 0.29) is 0 Å². The van der Waals surface area contributed by atoms with E-state index in [1.54, 1.807) is 7.05 Å². The summed E-state index contributed by atoms with van der Waals surface area (Å²) < 4.78 is 5.30. The van der Waals surface area contributed by atoms with Crippen LogP contribution in [0.25, 0.3) is 0 Å². The second kappa shape index (κ2) is 5.16. The molecule has 1 saturated carbocycles. The molecule has 2 rings (SSSR count). The van der Waals surface area contributed by atoms with Crippen molar-refractivity contribution in [3.05, 3.63) is 0 Å². The van der Waals surface area contributed by atoms with Gasteiger partial charge in [-0.3, -0.25) is 0 Å². The summed E-state index contributed by atoms with van der Waals surface area (Å²) >= 11 is 0. The van der Waals surface area contributed by atoms with Crippen LogP contribution < -0.4 is 15.4 Å². The number of anilines is 2. The molecule has 1 aromatic heterocycles. The van der Waals surface area contributed by atoms with Gasteiger partial charge in [0.05, 0.1) is 6.61 Å². The molecule has 6 heteroatoms. The molecule has 94 valence electrons. The van der Waals surface area contributed by atoms with E-state index < -0.39 is 0 Å². The van der Waals surface area contributed by atoms with E-state index >= 15 is 0 Å². The molecule has 0 bridgehead atoms. The molecule has 0 radical (unpaired) electrons. The maximum absolute atomic E-state index is 5.30. The molecule has 0 amide bonds. The maximum atomic E-state index is 5.30. The molecule has 1 atom stereocenters. The van der Waals surface area contributed by atoms with Gasteiger partial charge in [0.25, 0.3) is 0 Å². The SMILES string of the molecule is CCOc1nc(NC)nc(NC(C)C2CC2)n1. The van der Waals surface area contributed by atoms with E-state index in [2.05, 4.69) is 32.5 Å². The van der Waals surface area contributed by atoms with Crippen LogP contribution in [0.5, 0.6) is 6.01 Å². The maximum Gasteiger partial charge on any atom is 0.323 e. The van der Waals surface area contributed by atoms with Gasteiger partial charge < -0.3 is 15.4 Å². The number of rotatable bonds is 6. The van der Waals surface area contributed by atoms with E-state index in [9.17, 15) is 0 Å². The average Bonchev–Trinajstić information content (AvgIpc) is 3.12. The normalized spacial score (nSPS) is 16.4. The highest BCUT2D eigenvalue weighted by Crippen LogP contribution is 2.33. The molecule has 1 heterocycles. The Balaban J connectivity index is 2.10. The van der Waals surface area contributed by atoms with Gasteiger partial charge in [0, 0.05) is 13.1 Å². The molecule has 1 aromatic rings. The van der Waals surface area contributed by atoms with Gasteiger partial charge in [-0.1, -0.05) is 0 Å². The van der Waals surface area contributed by atoms with Crippen LogP contribution in [-0.2, 0) is 0 Å². The molecule has 0 saturated heterocycles. The Kier molecular flexibility index (Phi) is 3.61. The van der Waals surface area contributed by atoms with E-state index in [4.69, 9.17) is 4.74 Å². The first-order chi connectivity index (χ1) is 8.22. The Hall–Kier alpha value is -1.59. The molecule has 6 nitrogen and oxygen atoms in total. The topological polar surface area (TPSA) is 72.0 Å². The quantitative estimate of drug-likeness (QED) is 0.781. The largest absolute Gasteiger partial charge is 0.464 e. The molecule has 1 aliphatic rings. The Bertz CT molecular complexity index is 380. The lowest BCUT2D eigenvalue weighted by molar-refractivity contribution is 0.312. The van der Waals surface area contributed by atoms with Crippen LogP contribution in [-0.4, -0.2) is 34.6 Å². The van der Waals surface area contributed by atoms with Crippen LogP contribution >= 0.6 is 0 Å². The third-order valence-electron chi connectivity index (χ3n) is 2.80. The van der Waals surface area contributed by atoms with Crippen molar-refractivity contribution >= 4 is 11.9 Å². The van der Waals surface area contributed by atoms with Crippen molar-refractivity contribution in [1.82, 2.24) is 15.0 Å². The van der Waals surface area contributed by atoms with Crippen molar-refractivity contribution in [3.63, 3.8) is 0 Å². The zero-order valence-electron chi connectivity index (χ0n) is 10.5. The lowest BCUT2D eigenvalue weighted by Gasteiger charge is -2.13. The number of hydrogen-bond acceptors (Lipinski definition) is 6. The summed E-state index contributed by atoms with van der Waals surface area (Å²) in [6.45, 7) is 4.61. The number of ether oxygens (including phenoxy) is 1. The summed E-state index contributed by atoms with van der Waals surface area (Å²) in [5.74, 6) is 1.85. The Morgan fingerprint density at radius 2 is 2.00 bits per heavy atom. The second-order valence-electron chi connectivity index (χ2n) is 4.22. The molecule has 0 aromatic carbocycles. The van der Waals surface area contributed by atoms with Crippen LogP contribution in [0.3, 0.4) is 0 Å². The minimum Gasteiger partial charge on any atom is -0.464 e. The smallest absolute Gasteiger partial charge is 0.323 e. The Labute approximate surface area is 101 Å². The lowest BCUT2D eigenvalue weighted by Crippen LogP contribution is -2.20. The molecule has 1 aliphatic carbocycles. The van der Waals surface area contributed by atoms with Crippen LogP contribution in [0.1, 0.15) is 26.7 Å². The summed E-state index contributed by atoms with van der Waals surface area (Å²) in [4.78, 5) is 12.6. The van der Waals surface area contributed by atoms with E-state index in [0.29, 0.717) is 30.6 Å². The van der Waals surface area contributed by atoms with Gasteiger partial charge in [0.15, 0.2) is 0 Å². The molecule has 0 aliphatic heterocycles. The first-order valence-electron chi connectivity index (χ1n) is 6.06. The fourth-order valence-electron chi connectivity index (χ4n) is 1.64. The number of nitrogens with zero attached hydrogens (tertiary/aromatic N) is 3. The van der Waals surface area contributed by atoms with Gasteiger partial charge in [0.1, 0.15) is 0 Å². The van der Waals surface area contributed by atoms with Gasteiger partial charge in [-0.05, 0) is 32.6 Å². The van der Waals surface area contributed by atoms with Crippen molar-refractivity contribution in [2.75, 3.05) is 24.3 Å². The predicted octanol–water partition coefficient (Wildman–Crippen LogP) is 1.52. The van der Waals surface area contributed by atoms with E-state index in [1.807, 2.05) is 6.92 Å². The minimum absolute atomic E-state index is 0.359. The van der Waals surface area contributed by atoms with Crippen LogP contribution in [0.4, 0.5) is 11.9 Å². The van der Waals surface area contributed by atoms with Gasteiger partial charge in [-0.15, -0.1) is 0 Å². The molecular weight excluding hydrogens is 218 g/mol. The average molecular weight is 237 g/mol. The summed E-state index contributed by atoms with van der Waals surface area (Å²) in [5, 5.41) is 6.20. The summed E-state index contributed by atoms with van der Waals surface area (Å²) in [6.07, 6.45) is 2.58. The number of hydrogen-bond donors (Lipinski definition) is 2. The highest BCUT2D eigenvalue weighted by atomic mass is 16.5. The van der Waals surface area contributed by atoms with Crippen LogP contribution in [0.15, 0.2) is 0 Å².